The van der Waals surface area contributed by atoms with Crippen molar-refractivity contribution in [3.8, 4) is 5.75 Å². The molecule has 0 saturated heterocycles. The van der Waals surface area contributed by atoms with E-state index in [9.17, 15) is 28.1 Å². The maximum Gasteiger partial charge on any atom is 0.408 e. The minimum absolute atomic E-state index is 0.0145. The Balaban J connectivity index is 2.03. The molecule has 11 nitrogen and oxygen atoms in total. The van der Waals surface area contributed by atoms with Crippen LogP contribution < -0.4 is 14.4 Å². The maximum atomic E-state index is 14.3. The van der Waals surface area contributed by atoms with Gasteiger partial charge in [0.15, 0.2) is 5.54 Å². The van der Waals surface area contributed by atoms with E-state index in [-0.39, 0.29) is 39.2 Å². The number of nitro groups is 1. The van der Waals surface area contributed by atoms with Crippen molar-refractivity contribution in [3.05, 3.63) is 92.0 Å². The monoisotopic (exact) mass is 579 g/mol. The van der Waals surface area contributed by atoms with Gasteiger partial charge in [-0.1, -0.05) is 41.4 Å². The second kappa shape index (κ2) is 10.1. The zero-order chi connectivity index (χ0) is 27.8. The van der Waals surface area contributed by atoms with Crippen LogP contribution in [0.1, 0.15) is 18.1 Å². The van der Waals surface area contributed by atoms with Crippen molar-refractivity contribution in [2.45, 2.75) is 17.4 Å². The lowest BCUT2D eigenvalue weighted by Gasteiger charge is -2.30. The van der Waals surface area contributed by atoms with Crippen LogP contribution in [0.5, 0.6) is 5.75 Å². The van der Waals surface area contributed by atoms with Crippen LogP contribution in [0.3, 0.4) is 0 Å². The number of hydrogen-bond donors (Lipinski definition) is 1. The second-order valence-electron chi connectivity index (χ2n) is 7.90. The number of nitrogens with one attached hydrogen (secondary N) is 1. The molecule has 2 amide bonds. The molecule has 38 heavy (non-hydrogen) atoms. The van der Waals surface area contributed by atoms with Gasteiger partial charge in [0.25, 0.3) is 21.6 Å². The van der Waals surface area contributed by atoms with E-state index in [4.69, 9.17) is 32.7 Å². The molecule has 14 heteroatoms. The number of anilines is 1. The van der Waals surface area contributed by atoms with Crippen molar-refractivity contribution < 1.29 is 32.4 Å². The number of carbonyl (C=O) groups is 2. The van der Waals surface area contributed by atoms with E-state index in [2.05, 4.69) is 5.32 Å². The largest absolute Gasteiger partial charge is 0.495 e. The van der Waals surface area contributed by atoms with Crippen LogP contribution in [0, 0.1) is 10.1 Å². The minimum atomic E-state index is -4.78. The van der Waals surface area contributed by atoms with Crippen molar-refractivity contribution in [3.63, 3.8) is 0 Å². The quantitative estimate of drug-likeness (QED) is 0.315. The molecular formula is C24H19Cl2N3O8S. The van der Waals surface area contributed by atoms with E-state index in [1.807, 2.05) is 0 Å². The Bertz CT molecular complexity index is 1580. The first-order valence-electron chi connectivity index (χ1n) is 10.9. The van der Waals surface area contributed by atoms with Crippen molar-refractivity contribution >= 4 is 56.6 Å². The Hall–Kier alpha value is -3.87. The fourth-order valence-corrected chi connectivity index (χ4v) is 6.27. The van der Waals surface area contributed by atoms with Crippen LogP contribution in [0.15, 0.2) is 65.6 Å². The average molecular weight is 580 g/mol. The van der Waals surface area contributed by atoms with Crippen molar-refractivity contribution in [2.24, 2.45) is 0 Å². The summed E-state index contributed by atoms with van der Waals surface area (Å²) in [5, 5.41) is 13.9. The van der Waals surface area contributed by atoms with Gasteiger partial charge in [-0.25, -0.2) is 13.2 Å². The van der Waals surface area contributed by atoms with Crippen molar-refractivity contribution in [1.29, 1.82) is 0 Å². The number of hydrogen-bond acceptors (Lipinski definition) is 8. The summed E-state index contributed by atoms with van der Waals surface area (Å²) >= 11 is 12.7. The van der Waals surface area contributed by atoms with Gasteiger partial charge in [-0.2, -0.15) is 4.31 Å². The summed E-state index contributed by atoms with van der Waals surface area (Å²) in [5.74, 6) is -1.48. The molecule has 3 aromatic carbocycles. The molecule has 1 aliphatic heterocycles. The van der Waals surface area contributed by atoms with Crippen LogP contribution >= 0.6 is 23.2 Å². The predicted molar refractivity (Wildman–Crippen MR) is 138 cm³/mol. The van der Waals surface area contributed by atoms with Crippen LogP contribution in [0.25, 0.3) is 0 Å². The summed E-state index contributed by atoms with van der Waals surface area (Å²) < 4.78 is 38.7. The number of rotatable bonds is 7. The zero-order valence-electron chi connectivity index (χ0n) is 19.8. The third-order valence-corrected chi connectivity index (χ3v) is 8.11. The Morgan fingerprint density at radius 3 is 2.45 bits per heavy atom. The summed E-state index contributed by atoms with van der Waals surface area (Å²) in [7, 11) is -3.65. The van der Waals surface area contributed by atoms with E-state index < -0.39 is 43.1 Å². The van der Waals surface area contributed by atoms with Gasteiger partial charge < -0.3 is 9.47 Å². The number of halogens is 2. The molecule has 0 saturated carbocycles. The lowest BCUT2D eigenvalue weighted by atomic mass is 9.84. The topological polar surface area (TPSA) is 145 Å². The first kappa shape index (κ1) is 27.2. The number of amides is 2. The maximum absolute atomic E-state index is 14.3. The third kappa shape index (κ3) is 4.30. The van der Waals surface area contributed by atoms with Crippen LogP contribution in [-0.4, -0.2) is 39.1 Å². The smallest absolute Gasteiger partial charge is 0.408 e. The fraction of sp³-hybridized carbons (Fsp3) is 0.167. The molecule has 1 N–H and O–H groups in total. The Morgan fingerprint density at radius 2 is 1.82 bits per heavy atom. The molecule has 198 valence electrons. The first-order valence-corrected chi connectivity index (χ1v) is 13.1. The first-order chi connectivity index (χ1) is 18.0. The summed E-state index contributed by atoms with van der Waals surface area (Å²) in [5.41, 5.74) is -2.63. The molecule has 0 spiro atoms. The highest BCUT2D eigenvalue weighted by Gasteiger charge is 2.58. The molecule has 1 heterocycles. The number of non-ortho nitro benzene ring substituents is 1. The number of fused-ring (bicyclic) bond motifs is 1. The molecule has 0 aliphatic carbocycles. The number of benzene rings is 3. The van der Waals surface area contributed by atoms with E-state index >= 15 is 0 Å². The molecule has 0 aromatic heterocycles. The Labute approximate surface area is 227 Å². The van der Waals surface area contributed by atoms with Gasteiger partial charge in [0.2, 0.25) is 0 Å². The lowest BCUT2D eigenvalue weighted by molar-refractivity contribution is -0.385. The molecule has 3 aromatic rings. The molecule has 0 fully saturated rings. The lowest BCUT2D eigenvalue weighted by Crippen LogP contribution is -2.55. The average Bonchev–Trinajstić information content (AvgIpc) is 3.12. The van der Waals surface area contributed by atoms with Gasteiger partial charge in [-0.3, -0.25) is 20.2 Å². The number of sulfonamides is 1. The number of alkyl carbamates (subject to hydrolysis) is 1. The van der Waals surface area contributed by atoms with Gasteiger partial charge in [0.1, 0.15) is 10.6 Å². The molecule has 1 atom stereocenters. The summed E-state index contributed by atoms with van der Waals surface area (Å²) in [4.78, 5) is 37.0. The number of nitro benzene ring substituents is 1. The minimum Gasteiger partial charge on any atom is -0.495 e. The summed E-state index contributed by atoms with van der Waals surface area (Å²) in [6, 6.07) is 13.0. The van der Waals surface area contributed by atoms with Gasteiger partial charge >= 0.3 is 6.09 Å². The normalized spacial score (nSPS) is 16.6. The number of methoxy groups -OCH3 is 1. The highest BCUT2D eigenvalue weighted by atomic mass is 35.5. The van der Waals surface area contributed by atoms with Crippen LogP contribution in [0.2, 0.25) is 10.0 Å². The molecule has 4 rings (SSSR count). The van der Waals surface area contributed by atoms with Gasteiger partial charge in [-0.05, 0) is 37.3 Å². The molecule has 0 bridgehead atoms. The van der Waals surface area contributed by atoms with Gasteiger partial charge in [0, 0.05) is 27.2 Å². The molecular weight excluding hydrogens is 561 g/mol. The number of ether oxygens (including phenoxy) is 2. The van der Waals surface area contributed by atoms with E-state index in [1.54, 1.807) is 19.1 Å². The molecule has 1 aliphatic rings. The van der Waals surface area contributed by atoms with E-state index in [0.717, 1.165) is 25.3 Å². The molecule has 1 unspecified atom stereocenters. The SMILES string of the molecule is CCOC(=O)NC1(c2ccccc2Cl)C(=O)N(S(=O)(=O)c2ccc([N+](=O)[O-])cc2OC)c2ccc(Cl)cc21. The third-order valence-electron chi connectivity index (χ3n) is 5.81. The summed E-state index contributed by atoms with van der Waals surface area (Å²) in [6.07, 6.45) is -1.01. The summed E-state index contributed by atoms with van der Waals surface area (Å²) in [6.45, 7) is 1.52. The fourth-order valence-electron chi connectivity index (χ4n) is 4.22. The van der Waals surface area contributed by atoms with E-state index in [0.29, 0.717) is 4.31 Å². The highest BCUT2D eigenvalue weighted by Crippen LogP contribution is 2.50. The Morgan fingerprint density at radius 1 is 1.11 bits per heavy atom. The standard InChI is InChI=1S/C24H19Cl2N3O8S/c1-3-37-23(31)27-24(16-6-4-5-7-18(16)26)17-12-14(25)8-10-19(17)28(22(24)30)38(34,35)21-11-9-15(29(32)33)13-20(21)36-2/h4-13H,3H2,1-2H3,(H,27,31). The number of nitrogens with zero attached hydrogens (tertiary/aromatic N) is 2. The van der Waals surface area contributed by atoms with E-state index in [1.165, 1.54) is 30.3 Å². The van der Waals surface area contributed by atoms with Crippen LogP contribution in [-0.2, 0) is 25.1 Å². The van der Waals surface area contributed by atoms with Crippen LogP contribution in [0.4, 0.5) is 16.2 Å². The number of carbonyl (C=O) groups excluding carboxylic acids is 2. The van der Waals surface area contributed by atoms with Crippen molar-refractivity contribution in [2.75, 3.05) is 18.0 Å². The predicted octanol–water partition coefficient (Wildman–Crippen LogP) is 4.64. The van der Waals surface area contributed by atoms with Crippen molar-refractivity contribution in [1.82, 2.24) is 5.32 Å². The zero-order valence-corrected chi connectivity index (χ0v) is 22.1. The Kier molecular flexibility index (Phi) is 7.24. The van der Waals surface area contributed by atoms with Gasteiger partial charge in [0.05, 0.1) is 30.4 Å². The molecule has 0 radical (unpaired) electrons. The highest BCUT2D eigenvalue weighted by molar-refractivity contribution is 7.93. The second-order valence-corrected chi connectivity index (χ2v) is 10.5. The van der Waals surface area contributed by atoms with Gasteiger partial charge in [-0.15, -0.1) is 0 Å².